The Kier molecular flexibility index (Phi) is 7.48. The quantitative estimate of drug-likeness (QED) is 0.640. The highest BCUT2D eigenvalue weighted by molar-refractivity contribution is 5.75. The smallest absolute Gasteiger partial charge is 0.323 e. The van der Waals surface area contributed by atoms with Crippen molar-refractivity contribution < 1.29 is 9.53 Å². The minimum atomic E-state index is -0.149. The van der Waals surface area contributed by atoms with Crippen LogP contribution >= 0.6 is 0 Å². The maximum Gasteiger partial charge on any atom is 0.323 e. The Morgan fingerprint density at radius 1 is 1.43 bits per heavy atom. The fraction of sp³-hybridized carbons (Fsp3) is 0.909. The normalized spacial score (nSPS) is 14.9. The molecule has 0 aromatic heterocycles. The third-order valence-electron chi connectivity index (χ3n) is 2.33. The number of ether oxygens (including phenoxy) is 1. The molecule has 0 aliphatic heterocycles. The van der Waals surface area contributed by atoms with Gasteiger partial charge in [0.1, 0.15) is 6.04 Å². The molecule has 3 nitrogen and oxygen atoms in total. The second-order valence-electron chi connectivity index (χ2n) is 3.77. The van der Waals surface area contributed by atoms with Gasteiger partial charge in [0, 0.05) is 0 Å². The van der Waals surface area contributed by atoms with E-state index >= 15 is 0 Å². The predicted molar refractivity (Wildman–Crippen MR) is 58.2 cm³/mol. The van der Waals surface area contributed by atoms with Crippen molar-refractivity contribution in [2.45, 2.75) is 46.1 Å². The van der Waals surface area contributed by atoms with Crippen LogP contribution in [0.4, 0.5) is 0 Å². The van der Waals surface area contributed by atoms with Crippen LogP contribution < -0.4 is 5.32 Å². The van der Waals surface area contributed by atoms with Crippen molar-refractivity contribution >= 4 is 5.97 Å². The zero-order chi connectivity index (χ0) is 11.0. The van der Waals surface area contributed by atoms with Gasteiger partial charge in [-0.05, 0) is 25.8 Å². The van der Waals surface area contributed by atoms with E-state index in [1.807, 2.05) is 6.92 Å². The van der Waals surface area contributed by atoms with Crippen molar-refractivity contribution in [2.24, 2.45) is 5.92 Å². The van der Waals surface area contributed by atoms with Gasteiger partial charge < -0.3 is 10.1 Å². The standard InChI is InChI=1S/C11H23NO2/c1-5-7-9(3)8-14-11(13)10(6-2)12-4/h9-10,12H,5-8H2,1-4H3. The molecule has 3 heteroatoms. The summed E-state index contributed by atoms with van der Waals surface area (Å²) in [5, 5.41) is 2.93. The summed E-state index contributed by atoms with van der Waals surface area (Å²) in [5.41, 5.74) is 0. The van der Waals surface area contributed by atoms with Crippen molar-refractivity contribution in [3.8, 4) is 0 Å². The molecule has 0 saturated carbocycles. The molecule has 0 saturated heterocycles. The van der Waals surface area contributed by atoms with Gasteiger partial charge in [-0.15, -0.1) is 0 Å². The average Bonchev–Trinajstić information content (AvgIpc) is 2.17. The number of hydrogen-bond donors (Lipinski definition) is 1. The largest absolute Gasteiger partial charge is 0.464 e. The maximum atomic E-state index is 11.4. The zero-order valence-corrected chi connectivity index (χ0v) is 9.80. The van der Waals surface area contributed by atoms with Gasteiger partial charge in [0.2, 0.25) is 0 Å². The Bertz CT molecular complexity index is 155. The van der Waals surface area contributed by atoms with Crippen LogP contribution in [0.5, 0.6) is 0 Å². The van der Waals surface area contributed by atoms with E-state index in [0.29, 0.717) is 12.5 Å². The molecular weight excluding hydrogens is 178 g/mol. The first-order chi connectivity index (χ1) is 6.65. The van der Waals surface area contributed by atoms with Gasteiger partial charge in [-0.3, -0.25) is 4.79 Å². The van der Waals surface area contributed by atoms with Crippen molar-refractivity contribution in [1.29, 1.82) is 0 Å². The van der Waals surface area contributed by atoms with Crippen molar-refractivity contribution in [2.75, 3.05) is 13.7 Å². The van der Waals surface area contributed by atoms with Gasteiger partial charge in [-0.25, -0.2) is 0 Å². The summed E-state index contributed by atoms with van der Waals surface area (Å²) in [5.74, 6) is 0.344. The fourth-order valence-electron chi connectivity index (χ4n) is 1.39. The van der Waals surface area contributed by atoms with E-state index in [0.717, 1.165) is 19.3 Å². The minimum absolute atomic E-state index is 0.127. The number of esters is 1. The molecule has 0 aliphatic carbocycles. The predicted octanol–water partition coefficient (Wildman–Crippen LogP) is 1.96. The van der Waals surface area contributed by atoms with Gasteiger partial charge in [0.15, 0.2) is 0 Å². The van der Waals surface area contributed by atoms with Crippen LogP contribution in [0.15, 0.2) is 0 Å². The summed E-state index contributed by atoms with van der Waals surface area (Å²) in [6.45, 7) is 6.76. The molecule has 0 aromatic rings. The molecule has 2 atom stereocenters. The SMILES string of the molecule is CCCC(C)COC(=O)C(CC)NC. The number of likely N-dealkylation sites (N-methyl/N-ethyl adjacent to an activating group) is 1. The molecule has 0 aliphatic rings. The van der Waals surface area contributed by atoms with E-state index in [1.54, 1.807) is 7.05 Å². The molecule has 1 N–H and O–H groups in total. The highest BCUT2D eigenvalue weighted by atomic mass is 16.5. The molecule has 84 valence electrons. The highest BCUT2D eigenvalue weighted by Gasteiger charge is 2.16. The Balaban J connectivity index is 3.71. The van der Waals surface area contributed by atoms with Crippen molar-refractivity contribution in [3.05, 3.63) is 0 Å². The monoisotopic (exact) mass is 201 g/mol. The fourth-order valence-corrected chi connectivity index (χ4v) is 1.39. The summed E-state index contributed by atoms with van der Waals surface area (Å²) in [7, 11) is 1.78. The molecule has 2 unspecified atom stereocenters. The van der Waals surface area contributed by atoms with E-state index in [2.05, 4.69) is 19.2 Å². The second kappa shape index (κ2) is 7.80. The van der Waals surface area contributed by atoms with Gasteiger partial charge in [0.25, 0.3) is 0 Å². The van der Waals surface area contributed by atoms with E-state index < -0.39 is 0 Å². The van der Waals surface area contributed by atoms with Gasteiger partial charge in [0.05, 0.1) is 6.61 Å². The molecule has 0 bridgehead atoms. The number of nitrogens with one attached hydrogen (secondary N) is 1. The summed E-state index contributed by atoms with van der Waals surface area (Å²) in [6.07, 6.45) is 3.03. The van der Waals surface area contributed by atoms with Crippen LogP contribution in [0, 0.1) is 5.92 Å². The van der Waals surface area contributed by atoms with Crippen LogP contribution in [-0.4, -0.2) is 25.7 Å². The second-order valence-corrected chi connectivity index (χ2v) is 3.77. The Morgan fingerprint density at radius 3 is 2.50 bits per heavy atom. The maximum absolute atomic E-state index is 11.4. The topological polar surface area (TPSA) is 38.3 Å². The number of carbonyl (C=O) groups is 1. The lowest BCUT2D eigenvalue weighted by atomic mass is 10.1. The first kappa shape index (κ1) is 13.4. The Morgan fingerprint density at radius 2 is 2.07 bits per heavy atom. The molecule has 0 spiro atoms. The van der Waals surface area contributed by atoms with Crippen molar-refractivity contribution in [1.82, 2.24) is 5.32 Å². The summed E-state index contributed by atoms with van der Waals surface area (Å²) in [4.78, 5) is 11.4. The third-order valence-corrected chi connectivity index (χ3v) is 2.33. The molecule has 0 amide bonds. The zero-order valence-electron chi connectivity index (χ0n) is 9.80. The summed E-state index contributed by atoms with van der Waals surface area (Å²) >= 11 is 0. The first-order valence-electron chi connectivity index (χ1n) is 5.49. The van der Waals surface area contributed by atoms with Crippen LogP contribution in [0.1, 0.15) is 40.0 Å². The average molecular weight is 201 g/mol. The molecule has 0 fully saturated rings. The first-order valence-corrected chi connectivity index (χ1v) is 5.49. The van der Waals surface area contributed by atoms with Crippen LogP contribution in [0.2, 0.25) is 0 Å². The van der Waals surface area contributed by atoms with E-state index in [4.69, 9.17) is 4.74 Å². The van der Waals surface area contributed by atoms with Crippen molar-refractivity contribution in [3.63, 3.8) is 0 Å². The van der Waals surface area contributed by atoms with Gasteiger partial charge in [-0.2, -0.15) is 0 Å². The lowest BCUT2D eigenvalue weighted by Crippen LogP contribution is -2.35. The molecule has 14 heavy (non-hydrogen) atoms. The molecular formula is C11H23NO2. The molecule has 0 aromatic carbocycles. The lowest BCUT2D eigenvalue weighted by molar-refractivity contribution is -0.147. The lowest BCUT2D eigenvalue weighted by Gasteiger charge is -2.15. The Labute approximate surface area is 87.2 Å². The summed E-state index contributed by atoms with van der Waals surface area (Å²) < 4.78 is 5.20. The van der Waals surface area contributed by atoms with E-state index in [-0.39, 0.29) is 12.0 Å². The highest BCUT2D eigenvalue weighted by Crippen LogP contribution is 2.06. The molecule has 0 rings (SSSR count). The Hall–Kier alpha value is -0.570. The summed E-state index contributed by atoms with van der Waals surface area (Å²) in [6, 6.07) is -0.149. The number of rotatable bonds is 7. The van der Waals surface area contributed by atoms with Gasteiger partial charge in [-0.1, -0.05) is 27.2 Å². The number of carbonyl (C=O) groups excluding carboxylic acids is 1. The molecule has 0 radical (unpaired) electrons. The van der Waals surface area contributed by atoms with E-state index in [9.17, 15) is 4.79 Å². The van der Waals surface area contributed by atoms with Crippen LogP contribution in [0.25, 0.3) is 0 Å². The minimum Gasteiger partial charge on any atom is -0.464 e. The molecule has 0 heterocycles. The van der Waals surface area contributed by atoms with Gasteiger partial charge >= 0.3 is 5.97 Å². The van der Waals surface area contributed by atoms with Crippen LogP contribution in [0.3, 0.4) is 0 Å². The third kappa shape index (κ3) is 5.22. The number of hydrogen-bond acceptors (Lipinski definition) is 3. The van der Waals surface area contributed by atoms with Crippen LogP contribution in [-0.2, 0) is 9.53 Å². The van der Waals surface area contributed by atoms with E-state index in [1.165, 1.54) is 0 Å².